The molecule has 2 atom stereocenters. The number of aromatic nitrogens is 1. The smallest absolute Gasteiger partial charge is 0.254 e. The van der Waals surface area contributed by atoms with Gasteiger partial charge in [0.1, 0.15) is 11.0 Å². The fraction of sp³-hybridized carbons (Fsp3) is 0.571. The van der Waals surface area contributed by atoms with E-state index in [1.54, 1.807) is 12.1 Å². The number of nitrogens with zero attached hydrogens (tertiary/aromatic N) is 2. The summed E-state index contributed by atoms with van der Waals surface area (Å²) in [5, 5.41) is 3.42. The third-order valence-corrected chi connectivity index (χ3v) is 3.92. The lowest BCUT2D eigenvalue weighted by molar-refractivity contribution is -0.0303. The lowest BCUT2D eigenvalue weighted by Crippen LogP contribution is -2.45. The highest BCUT2D eigenvalue weighted by atomic mass is 35.5. The number of fused-ring (bicyclic) bond motifs is 2. The maximum Gasteiger partial charge on any atom is 0.254 e. The van der Waals surface area contributed by atoms with E-state index in [-0.39, 0.29) is 18.1 Å². The molecule has 2 aliphatic rings. The molecule has 5 nitrogen and oxygen atoms in total. The van der Waals surface area contributed by atoms with Gasteiger partial charge in [-0.15, -0.1) is 0 Å². The van der Waals surface area contributed by atoms with Crippen molar-refractivity contribution in [1.29, 1.82) is 0 Å². The van der Waals surface area contributed by atoms with Gasteiger partial charge in [-0.05, 0) is 31.9 Å². The number of halogens is 1. The molecule has 6 heteroatoms. The molecule has 3 rings (SSSR count). The number of hydrogen-bond acceptors (Lipinski definition) is 4. The minimum absolute atomic E-state index is 0.00801. The monoisotopic (exact) mass is 295 g/mol. The molecule has 2 aliphatic heterocycles. The van der Waals surface area contributed by atoms with E-state index in [0.29, 0.717) is 29.6 Å². The van der Waals surface area contributed by atoms with E-state index in [1.165, 1.54) is 0 Å². The zero-order valence-electron chi connectivity index (χ0n) is 11.4. The van der Waals surface area contributed by atoms with Gasteiger partial charge in [-0.3, -0.25) is 4.79 Å². The molecule has 1 aromatic rings. The molecule has 3 heterocycles. The molecular weight excluding hydrogens is 278 g/mol. The number of ether oxygens (including phenoxy) is 1. The number of anilines is 1. The maximum atomic E-state index is 12.6. The number of carbonyl (C=O) groups excluding carboxylic acids is 1. The van der Waals surface area contributed by atoms with Gasteiger partial charge in [0.25, 0.3) is 5.91 Å². The topological polar surface area (TPSA) is 54.5 Å². The summed E-state index contributed by atoms with van der Waals surface area (Å²) in [5.41, 5.74) is 0.585. The molecular formula is C14H18ClN3O2. The minimum Gasteiger partial charge on any atom is -0.371 e. The van der Waals surface area contributed by atoms with Gasteiger partial charge >= 0.3 is 0 Å². The van der Waals surface area contributed by atoms with E-state index < -0.39 is 0 Å². The largest absolute Gasteiger partial charge is 0.371 e. The first kappa shape index (κ1) is 13.6. The van der Waals surface area contributed by atoms with Crippen LogP contribution < -0.4 is 5.32 Å². The second-order valence-electron chi connectivity index (χ2n) is 5.26. The van der Waals surface area contributed by atoms with Gasteiger partial charge in [0.15, 0.2) is 0 Å². The Morgan fingerprint density at radius 2 is 2.15 bits per heavy atom. The number of pyridine rings is 1. The van der Waals surface area contributed by atoms with E-state index in [4.69, 9.17) is 16.3 Å². The molecule has 0 radical (unpaired) electrons. The first-order chi connectivity index (χ1) is 9.65. The molecule has 1 aromatic heterocycles. The molecule has 2 bridgehead atoms. The fourth-order valence-electron chi connectivity index (χ4n) is 2.86. The maximum absolute atomic E-state index is 12.6. The number of rotatable bonds is 3. The van der Waals surface area contributed by atoms with Crippen LogP contribution in [0, 0.1) is 0 Å². The fourth-order valence-corrected chi connectivity index (χ4v) is 3.06. The van der Waals surface area contributed by atoms with Crippen LogP contribution in [0.3, 0.4) is 0 Å². The Balaban J connectivity index is 1.79. The lowest BCUT2D eigenvalue weighted by Gasteiger charge is -2.32. The Hall–Kier alpha value is -1.33. The van der Waals surface area contributed by atoms with Crippen molar-refractivity contribution in [3.63, 3.8) is 0 Å². The van der Waals surface area contributed by atoms with Crippen molar-refractivity contribution < 1.29 is 9.53 Å². The molecule has 2 unspecified atom stereocenters. The van der Waals surface area contributed by atoms with E-state index in [0.717, 1.165) is 19.4 Å². The van der Waals surface area contributed by atoms with Crippen LogP contribution in [0.1, 0.15) is 30.1 Å². The molecule has 0 aromatic carbocycles. The predicted molar refractivity (Wildman–Crippen MR) is 77.2 cm³/mol. The average Bonchev–Trinajstić information content (AvgIpc) is 2.76. The Labute approximate surface area is 123 Å². The zero-order valence-corrected chi connectivity index (χ0v) is 12.2. The van der Waals surface area contributed by atoms with Gasteiger partial charge < -0.3 is 15.0 Å². The number of hydrogen-bond donors (Lipinski definition) is 1. The van der Waals surface area contributed by atoms with Gasteiger partial charge in [-0.1, -0.05) is 11.6 Å². The van der Waals surface area contributed by atoms with Crippen molar-refractivity contribution >= 4 is 23.3 Å². The third-order valence-electron chi connectivity index (χ3n) is 3.73. The Morgan fingerprint density at radius 3 is 2.80 bits per heavy atom. The number of carbonyl (C=O) groups is 1. The van der Waals surface area contributed by atoms with Crippen molar-refractivity contribution in [1.82, 2.24) is 9.88 Å². The van der Waals surface area contributed by atoms with Crippen molar-refractivity contribution in [3.8, 4) is 0 Å². The molecule has 0 saturated carbocycles. The molecule has 20 heavy (non-hydrogen) atoms. The summed E-state index contributed by atoms with van der Waals surface area (Å²) in [6.45, 7) is 4.06. The number of morpholine rings is 1. The molecule has 1 amide bonds. The normalized spacial score (nSPS) is 24.8. The van der Waals surface area contributed by atoms with Gasteiger partial charge in [0, 0.05) is 25.2 Å². The minimum atomic E-state index is 0.00801. The van der Waals surface area contributed by atoms with E-state index in [1.807, 2.05) is 11.8 Å². The average molecular weight is 296 g/mol. The summed E-state index contributed by atoms with van der Waals surface area (Å²) in [7, 11) is 0. The van der Waals surface area contributed by atoms with Gasteiger partial charge in [0.05, 0.1) is 12.2 Å². The van der Waals surface area contributed by atoms with Crippen molar-refractivity contribution in [3.05, 3.63) is 22.8 Å². The van der Waals surface area contributed by atoms with Crippen LogP contribution in [0.2, 0.25) is 5.15 Å². The summed E-state index contributed by atoms with van der Waals surface area (Å²) < 4.78 is 5.75. The van der Waals surface area contributed by atoms with Crippen LogP contribution in [0.25, 0.3) is 0 Å². The van der Waals surface area contributed by atoms with Crippen LogP contribution in [-0.4, -0.2) is 47.6 Å². The van der Waals surface area contributed by atoms with Crippen LogP contribution in [-0.2, 0) is 4.74 Å². The van der Waals surface area contributed by atoms with Crippen LogP contribution in [0.4, 0.5) is 5.82 Å². The molecule has 1 N–H and O–H groups in total. The van der Waals surface area contributed by atoms with Crippen LogP contribution in [0.15, 0.2) is 12.1 Å². The summed E-state index contributed by atoms with van der Waals surface area (Å²) in [4.78, 5) is 18.6. The first-order valence-corrected chi connectivity index (χ1v) is 7.39. The lowest BCUT2D eigenvalue weighted by atomic mass is 10.2. The standard InChI is InChI=1S/C14H18ClN3O2/c1-2-16-13-6-9(5-12(15)17-13)14(19)18-7-10-3-4-11(8-18)20-10/h5-6,10-11H,2-4,7-8H2,1H3,(H,16,17). The summed E-state index contributed by atoms with van der Waals surface area (Å²) >= 11 is 5.99. The van der Waals surface area contributed by atoms with E-state index in [9.17, 15) is 4.79 Å². The van der Waals surface area contributed by atoms with E-state index in [2.05, 4.69) is 10.3 Å². The Kier molecular flexibility index (Phi) is 3.81. The number of amides is 1. The summed E-state index contributed by atoms with van der Waals surface area (Å²) in [5.74, 6) is 0.647. The Bertz CT molecular complexity index is 511. The van der Waals surface area contributed by atoms with Crippen molar-refractivity contribution in [2.45, 2.75) is 32.0 Å². The predicted octanol–water partition coefficient (Wildman–Crippen LogP) is 2.17. The SMILES string of the molecule is CCNc1cc(C(=O)N2CC3CCC(C2)O3)cc(Cl)n1. The zero-order chi connectivity index (χ0) is 14.1. The van der Waals surface area contributed by atoms with Gasteiger partial charge in [0.2, 0.25) is 0 Å². The summed E-state index contributed by atoms with van der Waals surface area (Å²) in [6, 6.07) is 3.39. The highest BCUT2D eigenvalue weighted by Crippen LogP contribution is 2.27. The third kappa shape index (κ3) is 2.74. The highest BCUT2D eigenvalue weighted by molar-refractivity contribution is 6.29. The number of nitrogens with one attached hydrogen (secondary N) is 1. The first-order valence-electron chi connectivity index (χ1n) is 7.02. The quantitative estimate of drug-likeness (QED) is 0.868. The van der Waals surface area contributed by atoms with Gasteiger partial charge in [-0.25, -0.2) is 4.98 Å². The molecule has 2 fully saturated rings. The second kappa shape index (κ2) is 5.58. The van der Waals surface area contributed by atoms with Crippen molar-refractivity contribution in [2.24, 2.45) is 0 Å². The van der Waals surface area contributed by atoms with Crippen molar-refractivity contribution in [2.75, 3.05) is 25.0 Å². The highest BCUT2D eigenvalue weighted by Gasteiger charge is 2.36. The molecule has 108 valence electrons. The van der Waals surface area contributed by atoms with E-state index >= 15 is 0 Å². The molecule has 0 spiro atoms. The van der Waals surface area contributed by atoms with Crippen LogP contribution >= 0.6 is 11.6 Å². The second-order valence-corrected chi connectivity index (χ2v) is 5.65. The molecule has 0 aliphatic carbocycles. The summed E-state index contributed by atoms with van der Waals surface area (Å²) in [6.07, 6.45) is 2.49. The number of likely N-dealkylation sites (tertiary alicyclic amines) is 1. The Morgan fingerprint density at radius 1 is 1.45 bits per heavy atom. The van der Waals surface area contributed by atoms with Crippen LogP contribution in [0.5, 0.6) is 0 Å². The molecule has 2 saturated heterocycles. The van der Waals surface area contributed by atoms with Gasteiger partial charge in [-0.2, -0.15) is 0 Å².